The first kappa shape index (κ1) is 8.14. The number of hydrogen-bond acceptors (Lipinski definition) is 2. The zero-order chi connectivity index (χ0) is 6.41. The van der Waals surface area contributed by atoms with E-state index in [1.165, 1.54) is 0 Å². The highest BCUT2D eigenvalue weighted by Crippen LogP contribution is 1.73. The monoisotopic (exact) mass is 133 g/mol. The van der Waals surface area contributed by atoms with Crippen LogP contribution in [0.5, 0.6) is 0 Å². The fraction of sp³-hybridized carbons (Fsp3) is 1.00. The molecule has 0 aliphatic rings. The van der Waals surface area contributed by atoms with Crippen LogP contribution in [-0.4, -0.2) is 29.7 Å². The number of nitrogens with one attached hydrogen (secondary N) is 1. The molecule has 0 aromatic carbocycles. The molecule has 0 aromatic heterocycles. The molecule has 0 aromatic rings. The highest BCUT2D eigenvalue weighted by molar-refractivity contribution is 5.97. The summed E-state index contributed by atoms with van der Waals surface area (Å²) in [5, 5.41) is 3.24. The Bertz CT molecular complexity index is 49.7. The molecule has 0 unspecified atom stereocenters. The van der Waals surface area contributed by atoms with Gasteiger partial charge in [0, 0.05) is 19.2 Å². The maximum absolute atomic E-state index is 4.97. The van der Waals surface area contributed by atoms with Crippen molar-refractivity contribution in [2.75, 3.05) is 13.2 Å². The van der Waals surface area contributed by atoms with Gasteiger partial charge in [0.25, 0.3) is 0 Å². The van der Waals surface area contributed by atoms with Gasteiger partial charge in [0.05, 0.1) is 0 Å². The maximum atomic E-state index is 4.97. The molecular weight excluding hydrogens is 118 g/mol. The quantitative estimate of drug-likeness (QED) is 0.404. The van der Waals surface area contributed by atoms with Crippen molar-refractivity contribution in [3.63, 3.8) is 0 Å². The summed E-state index contributed by atoms with van der Waals surface area (Å²) in [6.07, 6.45) is 0. The van der Waals surface area contributed by atoms with Crippen molar-refractivity contribution in [1.82, 2.24) is 5.32 Å². The zero-order valence-electron chi connectivity index (χ0n) is 5.90. The van der Waals surface area contributed by atoms with E-state index in [9.17, 15) is 0 Å². The number of rotatable bonds is 4. The van der Waals surface area contributed by atoms with E-state index in [0.29, 0.717) is 6.04 Å². The van der Waals surface area contributed by atoms with Gasteiger partial charge >= 0.3 is 0 Å². The molecule has 0 rings (SSSR count). The first-order chi connectivity index (χ1) is 3.77. The Morgan fingerprint density at radius 2 is 2.25 bits per heavy atom. The van der Waals surface area contributed by atoms with Gasteiger partial charge in [-0.05, 0) is 0 Å². The molecule has 0 heterocycles. The first-order valence-electron chi connectivity index (χ1n) is 2.99. The van der Waals surface area contributed by atoms with Crippen molar-refractivity contribution in [2.24, 2.45) is 0 Å². The van der Waals surface area contributed by atoms with Gasteiger partial charge in [-0.25, -0.2) is 0 Å². The normalized spacial score (nSPS) is 10.9. The van der Waals surface area contributed by atoms with Gasteiger partial charge in [-0.15, -0.1) is 0 Å². The Kier molecular flexibility index (Phi) is 5.37. The summed E-state index contributed by atoms with van der Waals surface area (Å²) in [6.45, 7) is 6.12. The van der Waals surface area contributed by atoms with E-state index >= 15 is 0 Å². The maximum Gasteiger partial charge on any atom is 0.146 e. The lowest BCUT2D eigenvalue weighted by Gasteiger charge is -2.05. The van der Waals surface area contributed by atoms with Gasteiger partial charge in [-0.1, -0.05) is 13.8 Å². The second-order valence-corrected chi connectivity index (χ2v) is 2.68. The highest BCUT2D eigenvalue weighted by atomic mass is 28.2. The topological polar surface area (TPSA) is 21.3 Å². The van der Waals surface area contributed by atoms with Crippen LogP contribution in [0.15, 0.2) is 0 Å². The molecule has 0 bridgehead atoms. The molecule has 0 aliphatic carbocycles. The van der Waals surface area contributed by atoms with Crippen molar-refractivity contribution in [2.45, 2.75) is 19.9 Å². The van der Waals surface area contributed by atoms with Crippen molar-refractivity contribution in [3.05, 3.63) is 0 Å². The minimum absolute atomic E-state index is 0.590. The predicted molar refractivity (Wildman–Crippen MR) is 39.0 cm³/mol. The Balaban J connectivity index is 2.72. The molecule has 0 aliphatic heterocycles. The minimum atomic E-state index is 0.590. The van der Waals surface area contributed by atoms with Gasteiger partial charge in [0.15, 0.2) is 0 Å². The van der Waals surface area contributed by atoms with Crippen LogP contribution in [0.4, 0.5) is 0 Å². The number of hydrogen-bond donors (Lipinski definition) is 1. The molecule has 8 heavy (non-hydrogen) atoms. The van der Waals surface area contributed by atoms with E-state index in [1.54, 1.807) is 0 Å². The third-order valence-corrected chi connectivity index (χ3v) is 1.27. The summed E-state index contributed by atoms with van der Waals surface area (Å²) in [5.41, 5.74) is 0. The van der Waals surface area contributed by atoms with E-state index in [4.69, 9.17) is 4.43 Å². The first-order valence-corrected chi connectivity index (χ1v) is 3.81. The molecule has 0 fully saturated rings. The van der Waals surface area contributed by atoms with Crippen molar-refractivity contribution >= 4 is 10.5 Å². The minimum Gasteiger partial charge on any atom is -0.427 e. The van der Waals surface area contributed by atoms with Crippen LogP contribution in [0.3, 0.4) is 0 Å². The van der Waals surface area contributed by atoms with Gasteiger partial charge in [0.1, 0.15) is 10.5 Å². The van der Waals surface area contributed by atoms with Crippen LogP contribution in [0, 0.1) is 0 Å². The largest absolute Gasteiger partial charge is 0.427 e. The SMILES string of the molecule is CC(C)NCCO[SiH3]. The summed E-state index contributed by atoms with van der Waals surface area (Å²) >= 11 is 0. The van der Waals surface area contributed by atoms with Crippen molar-refractivity contribution in [3.8, 4) is 0 Å². The van der Waals surface area contributed by atoms with Gasteiger partial charge in [-0.2, -0.15) is 0 Å². The third kappa shape index (κ3) is 6.14. The van der Waals surface area contributed by atoms with Crippen molar-refractivity contribution in [1.29, 1.82) is 0 Å². The molecule has 2 nitrogen and oxygen atoms in total. The lowest BCUT2D eigenvalue weighted by Crippen LogP contribution is -2.26. The predicted octanol–water partition coefficient (Wildman–Crippen LogP) is -0.719. The summed E-state index contributed by atoms with van der Waals surface area (Å²) in [7, 11) is 0.859. The fourth-order valence-corrected chi connectivity index (χ4v) is 0.654. The molecule has 0 saturated heterocycles. The van der Waals surface area contributed by atoms with E-state index < -0.39 is 0 Å². The van der Waals surface area contributed by atoms with Crippen LogP contribution < -0.4 is 5.32 Å². The van der Waals surface area contributed by atoms with Gasteiger partial charge in [-0.3, -0.25) is 0 Å². The smallest absolute Gasteiger partial charge is 0.146 e. The summed E-state index contributed by atoms with van der Waals surface area (Å²) < 4.78 is 4.97. The van der Waals surface area contributed by atoms with Crippen LogP contribution in [0.2, 0.25) is 0 Å². The molecule has 50 valence electrons. The fourth-order valence-electron chi connectivity index (χ4n) is 0.450. The lowest BCUT2D eigenvalue weighted by molar-refractivity contribution is 0.337. The highest BCUT2D eigenvalue weighted by Gasteiger charge is 1.87. The lowest BCUT2D eigenvalue weighted by atomic mass is 10.4. The standard InChI is InChI=1S/C5H15NOSi/c1-5(2)6-3-4-7-8/h5-6H,3-4H2,1-2,8H3. The zero-order valence-corrected chi connectivity index (χ0v) is 7.90. The van der Waals surface area contributed by atoms with Crippen LogP contribution in [0.1, 0.15) is 13.8 Å². The molecule has 0 spiro atoms. The van der Waals surface area contributed by atoms with Crippen LogP contribution in [-0.2, 0) is 4.43 Å². The average molecular weight is 133 g/mol. The molecule has 0 atom stereocenters. The Morgan fingerprint density at radius 3 is 2.62 bits per heavy atom. The van der Waals surface area contributed by atoms with Crippen LogP contribution >= 0.6 is 0 Å². The molecule has 0 radical (unpaired) electrons. The summed E-state index contributed by atoms with van der Waals surface area (Å²) in [4.78, 5) is 0. The molecule has 0 amide bonds. The van der Waals surface area contributed by atoms with E-state index in [2.05, 4.69) is 19.2 Å². The van der Waals surface area contributed by atoms with Crippen molar-refractivity contribution < 1.29 is 4.43 Å². The summed E-state index contributed by atoms with van der Waals surface area (Å²) in [6, 6.07) is 0.590. The van der Waals surface area contributed by atoms with Gasteiger partial charge in [0.2, 0.25) is 0 Å². The second-order valence-electron chi connectivity index (χ2n) is 2.10. The molecule has 0 saturated carbocycles. The average Bonchev–Trinajstić information content (AvgIpc) is 1.66. The Labute approximate surface area is 54.2 Å². The van der Waals surface area contributed by atoms with Crippen LogP contribution in [0.25, 0.3) is 0 Å². The molecular formula is C5H15NOSi. The van der Waals surface area contributed by atoms with E-state index in [-0.39, 0.29) is 0 Å². The van der Waals surface area contributed by atoms with E-state index in [1.807, 2.05) is 0 Å². The molecule has 3 heteroatoms. The summed E-state index contributed by atoms with van der Waals surface area (Å²) in [5.74, 6) is 0. The third-order valence-electron chi connectivity index (χ3n) is 0.859. The van der Waals surface area contributed by atoms with Gasteiger partial charge < -0.3 is 9.74 Å². The Hall–Kier alpha value is 0.137. The molecule has 1 N–H and O–H groups in total. The Morgan fingerprint density at radius 1 is 1.62 bits per heavy atom. The second kappa shape index (κ2) is 5.28. The van der Waals surface area contributed by atoms with E-state index in [0.717, 1.165) is 23.6 Å².